The van der Waals surface area contributed by atoms with Crippen molar-refractivity contribution in [1.29, 1.82) is 0 Å². The van der Waals surface area contributed by atoms with E-state index in [2.05, 4.69) is 94.4 Å². The van der Waals surface area contributed by atoms with Gasteiger partial charge in [-0.1, -0.05) is 43.7 Å². The Labute approximate surface area is 171 Å². The van der Waals surface area contributed by atoms with E-state index in [1.165, 1.54) is 11.1 Å². The summed E-state index contributed by atoms with van der Waals surface area (Å²) >= 11 is 0. The number of rotatable bonds is 6. The van der Waals surface area contributed by atoms with Crippen molar-refractivity contribution in [3.8, 4) is 5.69 Å². The highest BCUT2D eigenvalue weighted by Crippen LogP contribution is 2.26. The van der Waals surface area contributed by atoms with Gasteiger partial charge in [-0.3, -0.25) is 4.57 Å². The molecule has 5 heteroatoms. The Bertz CT molecular complexity index is 1160. The zero-order chi connectivity index (χ0) is 20.2. The minimum absolute atomic E-state index is 0.770. The lowest BCUT2D eigenvalue weighted by molar-refractivity contribution is 0.982. The van der Waals surface area contributed by atoms with Crippen LogP contribution in [0.15, 0.2) is 61.1 Å². The summed E-state index contributed by atoms with van der Waals surface area (Å²) in [6.07, 6.45) is 9.87. The van der Waals surface area contributed by atoms with Gasteiger partial charge in [-0.15, -0.1) is 5.10 Å². The number of allylic oxidation sites excluding steroid dienone is 1. The first kappa shape index (κ1) is 18.9. The molecule has 0 saturated carbocycles. The van der Waals surface area contributed by atoms with E-state index in [0.29, 0.717) is 0 Å². The van der Waals surface area contributed by atoms with Crippen molar-refractivity contribution in [1.82, 2.24) is 19.7 Å². The van der Waals surface area contributed by atoms with Gasteiger partial charge in [0.1, 0.15) is 6.33 Å². The summed E-state index contributed by atoms with van der Waals surface area (Å²) < 4.78 is 2.10. The molecule has 4 aromatic rings. The first-order valence-electron chi connectivity index (χ1n) is 10.0. The minimum Gasteiger partial charge on any atom is -0.338 e. The molecule has 29 heavy (non-hydrogen) atoms. The fourth-order valence-corrected chi connectivity index (χ4v) is 3.37. The van der Waals surface area contributed by atoms with E-state index in [1.807, 2.05) is 18.6 Å². The fourth-order valence-electron chi connectivity index (χ4n) is 3.37. The third-order valence-corrected chi connectivity index (χ3v) is 5.00. The average Bonchev–Trinajstić information content (AvgIpc) is 3.16. The van der Waals surface area contributed by atoms with Gasteiger partial charge in [0.25, 0.3) is 0 Å². The van der Waals surface area contributed by atoms with Crippen LogP contribution in [-0.2, 0) is 6.42 Å². The molecule has 0 atom stereocenters. The SMILES string of the molecule is CC/C=C\c1c(CC)cnnc1Nc1ccc2c(c1)ncn2-c1ccc(C)cc1. The normalized spacial score (nSPS) is 11.4. The molecule has 0 spiro atoms. The molecular weight excluding hydrogens is 358 g/mol. The van der Waals surface area contributed by atoms with E-state index in [4.69, 9.17) is 0 Å². The van der Waals surface area contributed by atoms with Crippen molar-refractivity contribution in [2.75, 3.05) is 5.32 Å². The predicted molar refractivity (Wildman–Crippen MR) is 120 cm³/mol. The quantitative estimate of drug-likeness (QED) is 0.453. The number of anilines is 2. The standard InChI is InChI=1S/C24H25N5/c1-4-6-7-21-18(5-2)15-26-28-24(21)27-19-10-13-23-22(14-19)25-16-29(23)20-11-8-17(3)9-12-20/h6-16H,4-5H2,1-3H3,(H,27,28)/b7-6-. The molecule has 0 aliphatic heterocycles. The summed E-state index contributed by atoms with van der Waals surface area (Å²) in [4.78, 5) is 4.60. The number of hydrogen-bond acceptors (Lipinski definition) is 4. The maximum atomic E-state index is 4.60. The number of aromatic nitrogens is 4. The van der Waals surface area contributed by atoms with Crippen LogP contribution in [0.3, 0.4) is 0 Å². The second kappa shape index (κ2) is 8.27. The summed E-state index contributed by atoms with van der Waals surface area (Å²) in [5, 5.41) is 11.9. The Morgan fingerprint density at radius 3 is 2.66 bits per heavy atom. The molecule has 0 unspecified atom stereocenters. The Kier molecular flexibility index (Phi) is 5.38. The number of hydrogen-bond donors (Lipinski definition) is 1. The Morgan fingerprint density at radius 1 is 1.07 bits per heavy atom. The molecule has 0 fully saturated rings. The lowest BCUT2D eigenvalue weighted by Crippen LogP contribution is -2.02. The third-order valence-electron chi connectivity index (χ3n) is 5.00. The molecule has 0 bridgehead atoms. The fraction of sp³-hybridized carbons (Fsp3) is 0.208. The van der Waals surface area contributed by atoms with E-state index in [1.54, 1.807) is 0 Å². The predicted octanol–water partition coefficient (Wildman–Crippen LogP) is 5.85. The minimum atomic E-state index is 0.770. The van der Waals surface area contributed by atoms with E-state index in [9.17, 15) is 0 Å². The number of imidazole rings is 1. The van der Waals surface area contributed by atoms with Gasteiger partial charge in [0.05, 0.1) is 17.2 Å². The lowest BCUT2D eigenvalue weighted by Gasteiger charge is -2.11. The van der Waals surface area contributed by atoms with E-state index in [-0.39, 0.29) is 0 Å². The molecule has 0 aliphatic rings. The smallest absolute Gasteiger partial charge is 0.160 e. The number of benzene rings is 2. The van der Waals surface area contributed by atoms with Crippen molar-refractivity contribution in [3.05, 3.63) is 77.8 Å². The van der Waals surface area contributed by atoms with Crippen LogP contribution in [0.2, 0.25) is 0 Å². The highest BCUT2D eigenvalue weighted by atomic mass is 15.2. The summed E-state index contributed by atoms with van der Waals surface area (Å²) in [5.74, 6) is 0.770. The first-order chi connectivity index (χ1) is 14.2. The molecule has 0 amide bonds. The van der Waals surface area contributed by atoms with E-state index < -0.39 is 0 Å². The lowest BCUT2D eigenvalue weighted by atomic mass is 10.1. The van der Waals surface area contributed by atoms with Gasteiger partial charge in [0.2, 0.25) is 0 Å². The Hall–Kier alpha value is -3.47. The van der Waals surface area contributed by atoms with Crippen LogP contribution in [-0.4, -0.2) is 19.7 Å². The van der Waals surface area contributed by atoms with E-state index >= 15 is 0 Å². The van der Waals surface area contributed by atoms with Gasteiger partial charge in [0.15, 0.2) is 5.82 Å². The van der Waals surface area contributed by atoms with Crippen LogP contribution in [0.5, 0.6) is 0 Å². The van der Waals surface area contributed by atoms with Crippen LogP contribution >= 0.6 is 0 Å². The largest absolute Gasteiger partial charge is 0.338 e. The number of fused-ring (bicyclic) bond motifs is 1. The molecule has 5 nitrogen and oxygen atoms in total. The second-order valence-electron chi connectivity index (χ2n) is 7.07. The van der Waals surface area contributed by atoms with Crippen LogP contribution in [0.4, 0.5) is 11.5 Å². The van der Waals surface area contributed by atoms with Crippen LogP contribution in [0, 0.1) is 6.92 Å². The van der Waals surface area contributed by atoms with Gasteiger partial charge in [0, 0.05) is 16.9 Å². The van der Waals surface area contributed by atoms with Crippen molar-refractivity contribution in [2.45, 2.75) is 33.6 Å². The van der Waals surface area contributed by atoms with Gasteiger partial charge >= 0.3 is 0 Å². The molecule has 0 radical (unpaired) electrons. The van der Waals surface area contributed by atoms with E-state index in [0.717, 1.165) is 46.6 Å². The molecule has 0 aliphatic carbocycles. The second-order valence-corrected chi connectivity index (χ2v) is 7.07. The monoisotopic (exact) mass is 383 g/mol. The van der Waals surface area contributed by atoms with Gasteiger partial charge in [-0.05, 0) is 55.7 Å². The third kappa shape index (κ3) is 3.90. The molecule has 146 valence electrons. The van der Waals surface area contributed by atoms with Gasteiger partial charge in [-0.2, -0.15) is 5.10 Å². The summed E-state index contributed by atoms with van der Waals surface area (Å²) in [6.45, 7) is 6.35. The van der Waals surface area contributed by atoms with Crippen LogP contribution < -0.4 is 5.32 Å². The highest BCUT2D eigenvalue weighted by Gasteiger charge is 2.10. The number of nitrogens with one attached hydrogen (secondary N) is 1. The average molecular weight is 383 g/mol. The maximum Gasteiger partial charge on any atom is 0.160 e. The van der Waals surface area contributed by atoms with Crippen molar-refractivity contribution >= 4 is 28.6 Å². The van der Waals surface area contributed by atoms with Crippen molar-refractivity contribution in [3.63, 3.8) is 0 Å². The zero-order valence-corrected chi connectivity index (χ0v) is 17.1. The van der Waals surface area contributed by atoms with Crippen molar-refractivity contribution < 1.29 is 0 Å². The summed E-state index contributed by atoms with van der Waals surface area (Å²) in [7, 11) is 0. The summed E-state index contributed by atoms with van der Waals surface area (Å²) in [5.41, 5.74) is 7.56. The Morgan fingerprint density at radius 2 is 1.90 bits per heavy atom. The van der Waals surface area contributed by atoms with Gasteiger partial charge < -0.3 is 5.32 Å². The van der Waals surface area contributed by atoms with Crippen LogP contribution in [0.25, 0.3) is 22.8 Å². The molecular formula is C24H25N5. The number of nitrogens with zero attached hydrogens (tertiary/aromatic N) is 4. The molecule has 2 aromatic heterocycles. The topological polar surface area (TPSA) is 55.6 Å². The maximum absolute atomic E-state index is 4.60. The summed E-state index contributed by atoms with van der Waals surface area (Å²) in [6, 6.07) is 14.6. The molecule has 2 aromatic carbocycles. The Balaban J connectivity index is 1.68. The first-order valence-corrected chi connectivity index (χ1v) is 10.0. The number of aryl methyl sites for hydroxylation is 2. The molecule has 0 saturated heterocycles. The molecule has 2 heterocycles. The zero-order valence-electron chi connectivity index (χ0n) is 17.1. The molecule has 4 rings (SSSR count). The highest BCUT2D eigenvalue weighted by molar-refractivity contribution is 5.83. The van der Waals surface area contributed by atoms with Crippen LogP contribution in [0.1, 0.15) is 37.0 Å². The van der Waals surface area contributed by atoms with Crippen molar-refractivity contribution in [2.24, 2.45) is 0 Å². The van der Waals surface area contributed by atoms with Gasteiger partial charge in [-0.25, -0.2) is 4.98 Å². The molecule has 1 N–H and O–H groups in total.